The molecule has 0 unspecified atom stereocenters. The second kappa shape index (κ2) is 7.90. The molecule has 18 heavy (non-hydrogen) atoms. The molecule has 0 spiro atoms. The molecule has 1 heterocycles. The number of rotatable bonds is 8. The van der Waals surface area contributed by atoms with E-state index in [1.54, 1.807) is 0 Å². The number of aromatic nitrogens is 2. The highest BCUT2D eigenvalue weighted by Gasteiger charge is 2.06. The van der Waals surface area contributed by atoms with E-state index in [2.05, 4.69) is 41.4 Å². The summed E-state index contributed by atoms with van der Waals surface area (Å²) < 4.78 is 0. The van der Waals surface area contributed by atoms with Gasteiger partial charge in [-0.25, -0.2) is 9.97 Å². The summed E-state index contributed by atoms with van der Waals surface area (Å²) in [4.78, 5) is 9.00. The molecule has 0 saturated carbocycles. The first-order chi connectivity index (χ1) is 8.73. The topological polar surface area (TPSA) is 49.8 Å². The molecule has 0 amide bonds. The van der Waals surface area contributed by atoms with Crippen LogP contribution in [0.4, 0.5) is 11.6 Å². The summed E-state index contributed by atoms with van der Waals surface area (Å²) in [6.45, 7) is 7.60. The molecule has 2 N–H and O–H groups in total. The summed E-state index contributed by atoms with van der Waals surface area (Å²) in [5.74, 6) is 3.45. The van der Waals surface area contributed by atoms with E-state index < -0.39 is 0 Å². The quantitative estimate of drug-likeness (QED) is 0.743. The van der Waals surface area contributed by atoms with Crippen LogP contribution in [0.1, 0.15) is 45.9 Å². The van der Waals surface area contributed by atoms with Gasteiger partial charge in [0.05, 0.1) is 0 Å². The maximum absolute atomic E-state index is 4.55. The van der Waals surface area contributed by atoms with Crippen LogP contribution in [0.15, 0.2) is 6.07 Å². The van der Waals surface area contributed by atoms with E-state index in [0.29, 0.717) is 5.92 Å². The molecule has 0 bridgehead atoms. The molecule has 1 rings (SSSR count). The van der Waals surface area contributed by atoms with Gasteiger partial charge in [-0.2, -0.15) is 0 Å². The zero-order valence-corrected chi connectivity index (χ0v) is 12.1. The first-order valence-corrected chi connectivity index (χ1v) is 7.02. The van der Waals surface area contributed by atoms with Gasteiger partial charge in [-0.1, -0.05) is 33.6 Å². The van der Waals surface area contributed by atoms with Crippen LogP contribution >= 0.6 is 0 Å². The molecule has 0 aliphatic heterocycles. The molecule has 1 aromatic rings. The van der Waals surface area contributed by atoms with E-state index in [1.807, 2.05) is 13.1 Å². The summed E-state index contributed by atoms with van der Waals surface area (Å²) in [6, 6.07) is 1.97. The van der Waals surface area contributed by atoms with Crippen LogP contribution in [-0.2, 0) is 6.42 Å². The molecular formula is C14H26N4. The Balaban J connectivity index is 2.71. The number of aryl methyl sites for hydroxylation is 1. The molecule has 4 nitrogen and oxygen atoms in total. The normalized spacial score (nSPS) is 10.7. The highest BCUT2D eigenvalue weighted by molar-refractivity contribution is 5.47. The van der Waals surface area contributed by atoms with Crippen LogP contribution in [0.3, 0.4) is 0 Å². The summed E-state index contributed by atoms with van der Waals surface area (Å²) in [6.07, 6.45) is 4.40. The molecule has 102 valence electrons. The largest absolute Gasteiger partial charge is 0.373 e. The Labute approximate surface area is 111 Å². The van der Waals surface area contributed by atoms with Crippen LogP contribution in [0.25, 0.3) is 0 Å². The summed E-state index contributed by atoms with van der Waals surface area (Å²) >= 11 is 0. The van der Waals surface area contributed by atoms with Crippen LogP contribution in [0.5, 0.6) is 0 Å². The molecular weight excluding hydrogens is 224 g/mol. The maximum atomic E-state index is 4.55. The molecule has 0 aliphatic rings. The standard InChI is InChI=1S/C14H26N4/c1-5-8-12-17-13(15-4)9-14(18-12)16-10-11(6-2)7-3/h9,11H,5-8,10H2,1-4H3,(H2,15,16,17,18). The van der Waals surface area contributed by atoms with Crippen molar-refractivity contribution in [3.63, 3.8) is 0 Å². The van der Waals surface area contributed by atoms with Gasteiger partial charge in [0, 0.05) is 26.1 Å². The number of hydrogen-bond donors (Lipinski definition) is 2. The van der Waals surface area contributed by atoms with Crippen molar-refractivity contribution in [3.8, 4) is 0 Å². The monoisotopic (exact) mass is 250 g/mol. The minimum atomic E-state index is 0.715. The third kappa shape index (κ3) is 4.51. The van der Waals surface area contributed by atoms with Gasteiger partial charge in [0.25, 0.3) is 0 Å². The van der Waals surface area contributed by atoms with Crippen LogP contribution in [0.2, 0.25) is 0 Å². The summed E-state index contributed by atoms with van der Waals surface area (Å²) in [7, 11) is 1.89. The average molecular weight is 250 g/mol. The lowest BCUT2D eigenvalue weighted by molar-refractivity contribution is 0.518. The minimum Gasteiger partial charge on any atom is -0.373 e. The van der Waals surface area contributed by atoms with Crippen LogP contribution in [-0.4, -0.2) is 23.6 Å². The summed E-state index contributed by atoms with van der Waals surface area (Å²) in [5.41, 5.74) is 0. The van der Waals surface area contributed by atoms with Crippen molar-refractivity contribution < 1.29 is 0 Å². The van der Waals surface area contributed by atoms with Crippen LogP contribution in [0, 0.1) is 5.92 Å². The molecule has 0 aromatic carbocycles. The Morgan fingerprint density at radius 3 is 2.33 bits per heavy atom. The lowest BCUT2D eigenvalue weighted by Gasteiger charge is -2.14. The van der Waals surface area contributed by atoms with Crippen molar-refractivity contribution in [3.05, 3.63) is 11.9 Å². The Bertz CT molecular complexity index is 348. The Hall–Kier alpha value is -1.32. The van der Waals surface area contributed by atoms with Crippen molar-refractivity contribution in [2.75, 3.05) is 24.2 Å². The number of anilines is 2. The van der Waals surface area contributed by atoms with E-state index in [0.717, 1.165) is 36.8 Å². The number of nitrogens with zero attached hydrogens (tertiary/aromatic N) is 2. The van der Waals surface area contributed by atoms with Gasteiger partial charge in [0.2, 0.25) is 0 Å². The second-order valence-corrected chi connectivity index (χ2v) is 4.62. The number of nitrogens with one attached hydrogen (secondary N) is 2. The van der Waals surface area contributed by atoms with Crippen molar-refractivity contribution >= 4 is 11.6 Å². The molecule has 0 atom stereocenters. The van der Waals surface area contributed by atoms with Gasteiger partial charge in [0.15, 0.2) is 0 Å². The molecule has 0 saturated heterocycles. The van der Waals surface area contributed by atoms with E-state index in [1.165, 1.54) is 12.8 Å². The van der Waals surface area contributed by atoms with E-state index in [4.69, 9.17) is 0 Å². The zero-order valence-electron chi connectivity index (χ0n) is 12.1. The average Bonchev–Trinajstić information content (AvgIpc) is 2.40. The molecule has 0 fully saturated rings. The molecule has 0 radical (unpaired) electrons. The Morgan fingerprint density at radius 1 is 1.11 bits per heavy atom. The lowest BCUT2D eigenvalue weighted by atomic mass is 10.0. The highest BCUT2D eigenvalue weighted by Crippen LogP contribution is 2.14. The smallest absolute Gasteiger partial charge is 0.133 e. The van der Waals surface area contributed by atoms with Gasteiger partial charge in [-0.15, -0.1) is 0 Å². The summed E-state index contributed by atoms with van der Waals surface area (Å²) in [5, 5.41) is 6.52. The fraction of sp³-hybridized carbons (Fsp3) is 0.714. The van der Waals surface area contributed by atoms with Crippen molar-refractivity contribution in [1.29, 1.82) is 0 Å². The Kier molecular flexibility index (Phi) is 6.47. The lowest BCUT2D eigenvalue weighted by Crippen LogP contribution is -2.14. The van der Waals surface area contributed by atoms with Gasteiger partial charge in [-0.3, -0.25) is 0 Å². The van der Waals surface area contributed by atoms with E-state index in [-0.39, 0.29) is 0 Å². The minimum absolute atomic E-state index is 0.715. The van der Waals surface area contributed by atoms with Gasteiger partial charge >= 0.3 is 0 Å². The van der Waals surface area contributed by atoms with Crippen molar-refractivity contribution in [1.82, 2.24) is 9.97 Å². The Morgan fingerprint density at radius 2 is 1.78 bits per heavy atom. The van der Waals surface area contributed by atoms with E-state index >= 15 is 0 Å². The van der Waals surface area contributed by atoms with Crippen LogP contribution < -0.4 is 10.6 Å². The van der Waals surface area contributed by atoms with Gasteiger partial charge < -0.3 is 10.6 Å². The highest BCUT2D eigenvalue weighted by atomic mass is 15.1. The fourth-order valence-corrected chi connectivity index (χ4v) is 1.88. The van der Waals surface area contributed by atoms with Gasteiger partial charge in [0.1, 0.15) is 17.5 Å². The molecule has 1 aromatic heterocycles. The third-order valence-corrected chi connectivity index (χ3v) is 3.23. The SMILES string of the molecule is CCCc1nc(NC)cc(NCC(CC)CC)n1. The number of hydrogen-bond acceptors (Lipinski definition) is 4. The second-order valence-electron chi connectivity index (χ2n) is 4.62. The maximum Gasteiger partial charge on any atom is 0.133 e. The first-order valence-electron chi connectivity index (χ1n) is 7.02. The van der Waals surface area contributed by atoms with E-state index in [9.17, 15) is 0 Å². The predicted octanol–water partition coefficient (Wildman–Crippen LogP) is 3.32. The van der Waals surface area contributed by atoms with Crippen molar-refractivity contribution in [2.45, 2.75) is 46.5 Å². The molecule has 0 aliphatic carbocycles. The fourth-order valence-electron chi connectivity index (χ4n) is 1.88. The predicted molar refractivity (Wildman–Crippen MR) is 78.1 cm³/mol. The third-order valence-electron chi connectivity index (χ3n) is 3.23. The zero-order chi connectivity index (χ0) is 13.4. The first kappa shape index (κ1) is 14.7. The molecule has 4 heteroatoms. The van der Waals surface area contributed by atoms with Crippen molar-refractivity contribution in [2.24, 2.45) is 5.92 Å². The van der Waals surface area contributed by atoms with Gasteiger partial charge in [-0.05, 0) is 12.3 Å².